The van der Waals surface area contributed by atoms with Gasteiger partial charge >= 0.3 is 5.97 Å². The Kier molecular flexibility index (Phi) is 2.51. The van der Waals surface area contributed by atoms with Crippen molar-refractivity contribution in [2.24, 2.45) is 5.92 Å². The molecule has 0 fully saturated rings. The zero-order valence-corrected chi connectivity index (χ0v) is 9.95. The van der Waals surface area contributed by atoms with Crippen LogP contribution in [0.3, 0.4) is 0 Å². The number of anilines is 1. The Balaban J connectivity index is 2.08. The monoisotopic (exact) mass is 260 g/mol. The SMILES string of the molecule is O=C(O)C1Nc2ccc([N+](=O)[O-])cc2[C@H]2C=CC[C@@H]12. The quantitative estimate of drug-likeness (QED) is 0.482. The number of nitrogens with one attached hydrogen (secondary N) is 1. The molecule has 98 valence electrons. The van der Waals surface area contributed by atoms with Crippen LogP contribution in [0.15, 0.2) is 30.4 Å². The van der Waals surface area contributed by atoms with Crippen molar-refractivity contribution in [3.63, 3.8) is 0 Å². The number of nitro benzene ring substituents is 1. The van der Waals surface area contributed by atoms with Gasteiger partial charge in [-0.15, -0.1) is 0 Å². The number of carboxylic acid groups (broad SMARTS) is 1. The van der Waals surface area contributed by atoms with Crippen molar-refractivity contribution < 1.29 is 14.8 Å². The Morgan fingerprint density at radius 3 is 2.95 bits per heavy atom. The summed E-state index contributed by atoms with van der Waals surface area (Å²) >= 11 is 0. The highest BCUT2D eigenvalue weighted by Gasteiger charge is 2.41. The predicted octanol–water partition coefficient (Wildman–Crippen LogP) is 2.13. The summed E-state index contributed by atoms with van der Waals surface area (Å²) < 4.78 is 0. The first-order chi connectivity index (χ1) is 9.08. The molecule has 0 bridgehead atoms. The number of hydrogen-bond acceptors (Lipinski definition) is 4. The molecular weight excluding hydrogens is 248 g/mol. The Bertz CT molecular complexity index is 596. The van der Waals surface area contributed by atoms with E-state index in [2.05, 4.69) is 5.32 Å². The van der Waals surface area contributed by atoms with Crippen molar-refractivity contribution in [2.45, 2.75) is 18.4 Å². The molecule has 1 unspecified atom stereocenters. The van der Waals surface area contributed by atoms with Crippen LogP contribution in [0.2, 0.25) is 0 Å². The Hall–Kier alpha value is -2.37. The predicted molar refractivity (Wildman–Crippen MR) is 68.1 cm³/mol. The lowest BCUT2D eigenvalue weighted by atomic mass is 9.79. The number of nitrogens with zero attached hydrogens (tertiary/aromatic N) is 1. The number of rotatable bonds is 2. The standard InChI is InChI=1S/C13H12N2O4/c16-13(17)12-9-3-1-2-8(9)10-6-7(15(18)19)4-5-11(10)14-12/h1-2,4-6,8-9,12,14H,3H2,(H,16,17)/t8-,9+,12?/m0/s1. The topological polar surface area (TPSA) is 92.5 Å². The molecule has 6 heteroatoms. The molecule has 3 atom stereocenters. The second kappa shape index (κ2) is 4.08. The van der Waals surface area contributed by atoms with Crippen molar-refractivity contribution >= 4 is 17.3 Å². The van der Waals surface area contributed by atoms with Gasteiger partial charge in [0.05, 0.1) is 4.92 Å². The van der Waals surface area contributed by atoms with Crippen molar-refractivity contribution in [1.82, 2.24) is 0 Å². The van der Waals surface area contributed by atoms with E-state index in [4.69, 9.17) is 0 Å². The zero-order chi connectivity index (χ0) is 13.6. The van der Waals surface area contributed by atoms with Crippen LogP contribution < -0.4 is 5.32 Å². The van der Waals surface area contributed by atoms with Crippen LogP contribution >= 0.6 is 0 Å². The molecule has 0 radical (unpaired) electrons. The lowest BCUT2D eigenvalue weighted by molar-refractivity contribution is -0.384. The van der Waals surface area contributed by atoms with Gasteiger partial charge in [-0.1, -0.05) is 12.2 Å². The molecule has 0 saturated carbocycles. The molecule has 1 heterocycles. The van der Waals surface area contributed by atoms with Crippen LogP contribution in [-0.4, -0.2) is 22.0 Å². The molecule has 6 nitrogen and oxygen atoms in total. The average Bonchev–Trinajstić information content (AvgIpc) is 2.86. The number of non-ortho nitro benzene ring substituents is 1. The van der Waals surface area contributed by atoms with E-state index in [0.29, 0.717) is 12.1 Å². The number of hydrogen-bond donors (Lipinski definition) is 2. The fourth-order valence-electron chi connectivity index (χ4n) is 2.94. The summed E-state index contributed by atoms with van der Waals surface area (Å²) in [5.41, 5.74) is 1.52. The zero-order valence-electron chi connectivity index (χ0n) is 9.95. The first-order valence-corrected chi connectivity index (χ1v) is 6.02. The Labute approximate surface area is 108 Å². The maximum absolute atomic E-state index is 11.3. The van der Waals surface area contributed by atoms with Crippen LogP contribution in [0, 0.1) is 16.0 Å². The molecule has 0 spiro atoms. The molecule has 19 heavy (non-hydrogen) atoms. The van der Waals surface area contributed by atoms with Crippen LogP contribution in [0.1, 0.15) is 17.9 Å². The van der Waals surface area contributed by atoms with Gasteiger partial charge in [-0.3, -0.25) is 10.1 Å². The maximum Gasteiger partial charge on any atom is 0.326 e. The average molecular weight is 260 g/mol. The molecule has 1 aromatic carbocycles. The molecule has 0 saturated heterocycles. The highest BCUT2D eigenvalue weighted by Crippen LogP contribution is 2.45. The van der Waals surface area contributed by atoms with E-state index < -0.39 is 16.9 Å². The smallest absolute Gasteiger partial charge is 0.326 e. The fourth-order valence-corrected chi connectivity index (χ4v) is 2.94. The van der Waals surface area contributed by atoms with Gasteiger partial charge in [0.15, 0.2) is 0 Å². The normalized spacial score (nSPS) is 27.3. The first kappa shape index (κ1) is 11.7. The molecule has 2 aliphatic rings. The molecule has 1 aliphatic heterocycles. The highest BCUT2D eigenvalue weighted by molar-refractivity contribution is 5.81. The summed E-state index contributed by atoms with van der Waals surface area (Å²) in [6.07, 6.45) is 4.57. The van der Waals surface area contributed by atoms with Gasteiger partial charge in [0.2, 0.25) is 0 Å². The van der Waals surface area contributed by atoms with E-state index in [-0.39, 0.29) is 17.5 Å². The van der Waals surface area contributed by atoms with E-state index in [1.54, 1.807) is 6.07 Å². The number of allylic oxidation sites excluding steroid dienone is 2. The van der Waals surface area contributed by atoms with Gasteiger partial charge in [-0.2, -0.15) is 0 Å². The second-order valence-corrected chi connectivity index (χ2v) is 4.84. The molecule has 0 aromatic heterocycles. The number of benzene rings is 1. The van der Waals surface area contributed by atoms with Gasteiger partial charge in [0.25, 0.3) is 5.69 Å². The van der Waals surface area contributed by atoms with Crippen LogP contribution in [-0.2, 0) is 4.79 Å². The molecule has 1 aromatic rings. The van der Waals surface area contributed by atoms with Crippen molar-refractivity contribution in [3.05, 3.63) is 46.0 Å². The number of carboxylic acids is 1. The van der Waals surface area contributed by atoms with Crippen LogP contribution in [0.4, 0.5) is 11.4 Å². The Morgan fingerprint density at radius 2 is 2.26 bits per heavy atom. The third-order valence-corrected chi connectivity index (χ3v) is 3.82. The summed E-state index contributed by atoms with van der Waals surface area (Å²) in [5.74, 6) is -1.02. The highest BCUT2D eigenvalue weighted by atomic mass is 16.6. The fraction of sp³-hybridized carbons (Fsp3) is 0.308. The largest absolute Gasteiger partial charge is 0.480 e. The maximum atomic E-state index is 11.3. The van der Waals surface area contributed by atoms with Crippen molar-refractivity contribution in [3.8, 4) is 0 Å². The third-order valence-electron chi connectivity index (χ3n) is 3.82. The third kappa shape index (κ3) is 1.76. The Morgan fingerprint density at radius 1 is 1.47 bits per heavy atom. The minimum atomic E-state index is -0.886. The van der Waals surface area contributed by atoms with Gasteiger partial charge in [0, 0.05) is 29.7 Å². The number of fused-ring (bicyclic) bond motifs is 3. The van der Waals surface area contributed by atoms with Gasteiger partial charge in [0.1, 0.15) is 6.04 Å². The van der Waals surface area contributed by atoms with Crippen molar-refractivity contribution in [2.75, 3.05) is 5.32 Å². The summed E-state index contributed by atoms with van der Waals surface area (Å²) in [6.45, 7) is 0. The lowest BCUT2D eigenvalue weighted by Gasteiger charge is -2.34. The number of aliphatic carboxylic acids is 1. The molecule has 3 rings (SSSR count). The second-order valence-electron chi connectivity index (χ2n) is 4.84. The summed E-state index contributed by atoms with van der Waals surface area (Å²) in [5, 5.41) is 23.1. The van der Waals surface area contributed by atoms with E-state index in [9.17, 15) is 20.0 Å². The molecule has 0 amide bonds. The van der Waals surface area contributed by atoms with E-state index >= 15 is 0 Å². The summed E-state index contributed by atoms with van der Waals surface area (Å²) in [7, 11) is 0. The summed E-state index contributed by atoms with van der Waals surface area (Å²) in [4.78, 5) is 21.7. The van der Waals surface area contributed by atoms with E-state index in [1.807, 2.05) is 12.2 Å². The first-order valence-electron chi connectivity index (χ1n) is 6.02. The molecular formula is C13H12N2O4. The number of nitro groups is 1. The lowest BCUT2D eigenvalue weighted by Crippen LogP contribution is -2.41. The minimum absolute atomic E-state index is 0.0355. The molecule has 1 aliphatic carbocycles. The van der Waals surface area contributed by atoms with Crippen molar-refractivity contribution in [1.29, 1.82) is 0 Å². The minimum Gasteiger partial charge on any atom is -0.480 e. The van der Waals surface area contributed by atoms with Gasteiger partial charge in [-0.05, 0) is 18.1 Å². The summed E-state index contributed by atoms with van der Waals surface area (Å²) in [6, 6.07) is 3.87. The van der Waals surface area contributed by atoms with E-state index in [0.717, 1.165) is 5.56 Å². The van der Waals surface area contributed by atoms with Gasteiger partial charge in [-0.25, -0.2) is 4.79 Å². The van der Waals surface area contributed by atoms with Crippen LogP contribution in [0.25, 0.3) is 0 Å². The van der Waals surface area contributed by atoms with E-state index in [1.165, 1.54) is 12.1 Å². The van der Waals surface area contributed by atoms with Crippen LogP contribution in [0.5, 0.6) is 0 Å². The number of carbonyl (C=O) groups is 1. The molecule has 2 N–H and O–H groups in total. The van der Waals surface area contributed by atoms with Gasteiger partial charge < -0.3 is 10.4 Å².